The maximum atomic E-state index is 12.6. The van der Waals surface area contributed by atoms with Gasteiger partial charge in [-0.3, -0.25) is 14.4 Å². The molecule has 1 aromatic heterocycles. The largest absolute Gasteiger partial charge is 0.484 e. The van der Waals surface area contributed by atoms with Crippen molar-refractivity contribution in [3.63, 3.8) is 0 Å². The van der Waals surface area contributed by atoms with Gasteiger partial charge in [-0.15, -0.1) is 11.3 Å². The van der Waals surface area contributed by atoms with Gasteiger partial charge in [-0.2, -0.15) is 0 Å². The van der Waals surface area contributed by atoms with E-state index in [-0.39, 0.29) is 30.2 Å². The summed E-state index contributed by atoms with van der Waals surface area (Å²) in [6.07, 6.45) is 1.27. The van der Waals surface area contributed by atoms with Crippen LogP contribution >= 0.6 is 11.3 Å². The van der Waals surface area contributed by atoms with Crippen molar-refractivity contribution in [2.24, 2.45) is 5.92 Å². The number of nitrogens with zero attached hydrogens (tertiary/aromatic N) is 1. The van der Waals surface area contributed by atoms with Crippen LogP contribution in [-0.4, -0.2) is 49.4 Å². The Balaban J connectivity index is 1.50. The number of carbonyl (C=O) groups excluding carboxylic acids is 3. The highest BCUT2D eigenvalue weighted by Crippen LogP contribution is 2.23. The first-order valence-corrected chi connectivity index (χ1v) is 10.0. The fraction of sp³-hybridized carbons (Fsp3) is 0.350. The number of benzene rings is 1. The number of likely N-dealkylation sites (N-methyl/N-ethyl adjacent to an activating group) is 1. The number of rotatable bonds is 6. The van der Waals surface area contributed by atoms with E-state index in [1.165, 1.54) is 11.3 Å². The lowest BCUT2D eigenvalue weighted by atomic mass is 9.95. The minimum absolute atomic E-state index is 0.0369. The summed E-state index contributed by atoms with van der Waals surface area (Å²) in [4.78, 5) is 38.8. The normalized spacial score (nSPS) is 14.4. The molecule has 0 spiro atoms. The third-order valence-electron chi connectivity index (χ3n) is 4.64. The summed E-state index contributed by atoms with van der Waals surface area (Å²) < 4.78 is 5.40. The molecule has 0 atom stereocenters. The summed E-state index contributed by atoms with van der Waals surface area (Å²) >= 11 is 1.43. The van der Waals surface area contributed by atoms with Gasteiger partial charge in [0.05, 0.1) is 4.88 Å². The lowest BCUT2D eigenvalue weighted by molar-refractivity contribution is -0.122. The molecule has 1 aliphatic rings. The number of anilines is 1. The highest BCUT2D eigenvalue weighted by Gasteiger charge is 2.28. The zero-order chi connectivity index (χ0) is 19.9. The molecule has 0 bridgehead atoms. The van der Waals surface area contributed by atoms with Gasteiger partial charge >= 0.3 is 0 Å². The molecular weight excluding hydrogens is 378 g/mol. The lowest BCUT2D eigenvalue weighted by Crippen LogP contribution is -2.41. The first-order valence-electron chi connectivity index (χ1n) is 9.14. The van der Waals surface area contributed by atoms with Crippen LogP contribution in [0, 0.1) is 5.92 Å². The highest BCUT2D eigenvalue weighted by atomic mass is 32.1. The van der Waals surface area contributed by atoms with Crippen molar-refractivity contribution in [1.82, 2.24) is 10.2 Å². The number of amides is 3. The third kappa shape index (κ3) is 5.10. The van der Waals surface area contributed by atoms with Gasteiger partial charge in [-0.05, 0) is 36.4 Å². The number of ether oxygens (including phenoxy) is 1. The number of piperidine rings is 1. The first-order chi connectivity index (χ1) is 13.6. The van der Waals surface area contributed by atoms with E-state index >= 15 is 0 Å². The molecule has 1 aliphatic heterocycles. The van der Waals surface area contributed by atoms with Gasteiger partial charge in [0.2, 0.25) is 5.91 Å². The van der Waals surface area contributed by atoms with Crippen LogP contribution in [-0.2, 0) is 9.59 Å². The fourth-order valence-corrected chi connectivity index (χ4v) is 3.72. The third-order valence-corrected chi connectivity index (χ3v) is 5.49. The molecule has 28 heavy (non-hydrogen) atoms. The zero-order valence-corrected chi connectivity index (χ0v) is 16.5. The van der Waals surface area contributed by atoms with E-state index in [4.69, 9.17) is 4.74 Å². The first kappa shape index (κ1) is 19.9. The van der Waals surface area contributed by atoms with Crippen molar-refractivity contribution >= 4 is 34.7 Å². The van der Waals surface area contributed by atoms with Gasteiger partial charge in [0, 0.05) is 37.8 Å². The Morgan fingerprint density at radius 1 is 1.18 bits per heavy atom. The lowest BCUT2D eigenvalue weighted by Gasteiger charge is -2.31. The molecule has 2 heterocycles. The number of hydrogen-bond donors (Lipinski definition) is 2. The molecule has 0 unspecified atom stereocenters. The van der Waals surface area contributed by atoms with Crippen LogP contribution in [0.1, 0.15) is 22.5 Å². The van der Waals surface area contributed by atoms with Crippen molar-refractivity contribution in [3.05, 3.63) is 46.7 Å². The Hall–Kier alpha value is -2.87. The molecule has 1 fully saturated rings. The predicted octanol–water partition coefficient (Wildman–Crippen LogP) is 2.36. The second-order valence-corrected chi connectivity index (χ2v) is 7.47. The van der Waals surface area contributed by atoms with E-state index in [0.29, 0.717) is 37.4 Å². The molecule has 1 saturated heterocycles. The highest BCUT2D eigenvalue weighted by molar-refractivity contribution is 7.12. The number of thiophene rings is 1. The van der Waals surface area contributed by atoms with Crippen molar-refractivity contribution < 1.29 is 19.1 Å². The fourth-order valence-electron chi connectivity index (χ4n) is 3.03. The topological polar surface area (TPSA) is 87.7 Å². The van der Waals surface area contributed by atoms with Crippen LogP contribution in [0.5, 0.6) is 5.75 Å². The number of carbonyl (C=O) groups is 3. The SMILES string of the molecule is CNC(=O)COc1cccc(NC(=O)C2CCN(C(=O)c3cccs3)CC2)c1. The molecule has 8 heteroatoms. The van der Waals surface area contributed by atoms with Crippen molar-refractivity contribution in [2.75, 3.05) is 32.1 Å². The van der Waals surface area contributed by atoms with Gasteiger partial charge in [-0.1, -0.05) is 12.1 Å². The van der Waals surface area contributed by atoms with E-state index in [9.17, 15) is 14.4 Å². The smallest absolute Gasteiger partial charge is 0.263 e. The zero-order valence-electron chi connectivity index (χ0n) is 15.6. The molecule has 0 radical (unpaired) electrons. The maximum absolute atomic E-state index is 12.6. The molecule has 7 nitrogen and oxygen atoms in total. The van der Waals surface area contributed by atoms with Crippen LogP contribution in [0.15, 0.2) is 41.8 Å². The van der Waals surface area contributed by atoms with Gasteiger partial charge < -0.3 is 20.3 Å². The summed E-state index contributed by atoms with van der Waals surface area (Å²) in [5.41, 5.74) is 0.622. The molecular formula is C20H23N3O4S. The summed E-state index contributed by atoms with van der Waals surface area (Å²) in [7, 11) is 1.54. The molecule has 0 aliphatic carbocycles. The van der Waals surface area contributed by atoms with Crippen molar-refractivity contribution in [3.8, 4) is 5.75 Å². The summed E-state index contributed by atoms with van der Waals surface area (Å²) in [6.45, 7) is 1.07. The standard InChI is InChI=1S/C20H23N3O4S/c1-21-18(24)13-27-16-5-2-4-15(12-16)22-19(25)14-7-9-23(10-8-14)20(26)17-6-3-11-28-17/h2-6,11-12,14H,7-10,13H2,1H3,(H,21,24)(H,22,25). The maximum Gasteiger partial charge on any atom is 0.263 e. The van der Waals surface area contributed by atoms with Crippen molar-refractivity contribution in [2.45, 2.75) is 12.8 Å². The Labute approximate surface area is 167 Å². The van der Waals surface area contributed by atoms with Crippen LogP contribution in [0.2, 0.25) is 0 Å². The minimum atomic E-state index is -0.224. The quantitative estimate of drug-likeness (QED) is 0.778. The average Bonchev–Trinajstić information content (AvgIpc) is 3.26. The van der Waals surface area contributed by atoms with Gasteiger partial charge in [0.1, 0.15) is 5.75 Å². The van der Waals surface area contributed by atoms with E-state index in [0.717, 1.165) is 4.88 Å². The Morgan fingerprint density at radius 2 is 1.96 bits per heavy atom. The summed E-state index contributed by atoms with van der Waals surface area (Å²) in [5.74, 6) is 0.125. The number of nitrogens with one attached hydrogen (secondary N) is 2. The minimum Gasteiger partial charge on any atom is -0.484 e. The predicted molar refractivity (Wildman–Crippen MR) is 108 cm³/mol. The van der Waals surface area contributed by atoms with Gasteiger partial charge in [-0.25, -0.2) is 0 Å². The molecule has 3 rings (SSSR count). The number of hydrogen-bond acceptors (Lipinski definition) is 5. The molecule has 2 N–H and O–H groups in total. The van der Waals surface area contributed by atoms with E-state index in [1.54, 1.807) is 31.3 Å². The van der Waals surface area contributed by atoms with Gasteiger partial charge in [0.15, 0.2) is 6.61 Å². The summed E-state index contributed by atoms with van der Waals surface area (Å²) in [5, 5.41) is 7.28. The molecule has 2 aromatic rings. The van der Waals surface area contributed by atoms with Crippen LogP contribution in [0.25, 0.3) is 0 Å². The van der Waals surface area contributed by atoms with Crippen LogP contribution in [0.4, 0.5) is 5.69 Å². The van der Waals surface area contributed by atoms with E-state index in [2.05, 4.69) is 10.6 Å². The average molecular weight is 401 g/mol. The molecule has 3 amide bonds. The van der Waals surface area contributed by atoms with Crippen molar-refractivity contribution in [1.29, 1.82) is 0 Å². The summed E-state index contributed by atoms with van der Waals surface area (Å²) in [6, 6.07) is 10.6. The van der Waals surface area contributed by atoms with E-state index in [1.807, 2.05) is 22.4 Å². The Bertz CT molecular complexity index is 830. The second kappa shape index (κ2) is 9.36. The van der Waals surface area contributed by atoms with Gasteiger partial charge in [0.25, 0.3) is 11.8 Å². The number of likely N-dealkylation sites (tertiary alicyclic amines) is 1. The Kier molecular flexibility index (Phi) is 6.65. The second-order valence-electron chi connectivity index (χ2n) is 6.52. The molecule has 1 aromatic carbocycles. The molecule has 0 saturated carbocycles. The monoisotopic (exact) mass is 401 g/mol. The Morgan fingerprint density at radius 3 is 2.64 bits per heavy atom. The van der Waals surface area contributed by atoms with Crippen LogP contribution in [0.3, 0.4) is 0 Å². The molecule has 148 valence electrons. The van der Waals surface area contributed by atoms with Crippen LogP contribution < -0.4 is 15.4 Å². The van der Waals surface area contributed by atoms with E-state index < -0.39 is 0 Å².